The van der Waals surface area contributed by atoms with Gasteiger partial charge in [-0.15, -0.1) is 0 Å². The summed E-state index contributed by atoms with van der Waals surface area (Å²) in [6.45, 7) is -0.679. The van der Waals surface area contributed by atoms with Crippen LogP contribution >= 0.6 is 0 Å². The van der Waals surface area contributed by atoms with Crippen molar-refractivity contribution in [3.63, 3.8) is 0 Å². The number of phenols is 1. The molecule has 0 amide bonds. The largest absolute Gasteiger partial charge is 0.504 e. The molecule has 1 aliphatic carbocycles. The molecule has 0 spiro atoms. The molecule has 9 atom stereocenters. The first kappa shape index (κ1) is 30.5. The second kappa shape index (κ2) is 13.8. The maximum Gasteiger partial charge on any atom is 0.331 e. The number of carbonyl (C=O) groups excluding carboxylic acids is 1. The monoisotopic (exact) mass is 551 g/mol. The zero-order valence-electron chi connectivity index (χ0n) is 21.6. The molecule has 13 nitrogen and oxygen atoms in total. The third-order valence-corrected chi connectivity index (χ3v) is 6.63. The first-order chi connectivity index (χ1) is 18.7. The number of hydrogen-bond acceptors (Lipinski definition) is 13. The van der Waals surface area contributed by atoms with Gasteiger partial charge in [0.05, 0.1) is 32.0 Å². The predicted molar refractivity (Wildman–Crippen MR) is 132 cm³/mol. The Balaban J connectivity index is 1.84. The number of esters is 1. The molecule has 13 heteroatoms. The summed E-state index contributed by atoms with van der Waals surface area (Å²) in [5, 5.41) is 60.6. The zero-order valence-corrected chi connectivity index (χ0v) is 21.6. The van der Waals surface area contributed by atoms with Crippen LogP contribution in [0.1, 0.15) is 12.0 Å². The molecule has 3 rings (SSSR count). The molecule has 2 fully saturated rings. The number of allylic oxidation sites excluding steroid dienone is 1. The van der Waals surface area contributed by atoms with Gasteiger partial charge in [-0.25, -0.2) is 4.79 Å². The van der Waals surface area contributed by atoms with Gasteiger partial charge in [-0.1, -0.05) is 6.07 Å². The molecule has 0 aromatic heterocycles. The molecule has 1 heterocycles. The summed E-state index contributed by atoms with van der Waals surface area (Å²) < 4.78 is 32.8. The number of benzene rings is 1. The van der Waals surface area contributed by atoms with Crippen LogP contribution in [0.4, 0.5) is 0 Å². The predicted octanol–water partition coefficient (Wildman–Crippen LogP) is -0.605. The van der Waals surface area contributed by atoms with E-state index in [-0.39, 0.29) is 23.5 Å². The summed E-state index contributed by atoms with van der Waals surface area (Å²) >= 11 is 0. The summed E-state index contributed by atoms with van der Waals surface area (Å²) in [5.74, 6) is -0.824. The Morgan fingerprint density at radius 2 is 1.90 bits per heavy atom. The van der Waals surface area contributed by atoms with Gasteiger partial charge < -0.3 is 54.0 Å². The summed E-state index contributed by atoms with van der Waals surface area (Å²) in [6.07, 6.45) is -7.77. The van der Waals surface area contributed by atoms with Gasteiger partial charge in [0, 0.05) is 38.4 Å². The minimum atomic E-state index is -1.71. The van der Waals surface area contributed by atoms with Crippen LogP contribution in [-0.4, -0.2) is 115 Å². The number of phenolic OH excluding ortho intramolecular Hbond substituents is 1. The molecule has 39 heavy (non-hydrogen) atoms. The van der Waals surface area contributed by atoms with Gasteiger partial charge >= 0.3 is 5.97 Å². The summed E-state index contributed by atoms with van der Waals surface area (Å²) in [6, 6.07) is 6.24. The van der Waals surface area contributed by atoms with E-state index >= 15 is 0 Å². The summed E-state index contributed by atoms with van der Waals surface area (Å²) in [4.78, 5) is 12.7. The fourth-order valence-corrected chi connectivity index (χ4v) is 4.55. The van der Waals surface area contributed by atoms with Crippen LogP contribution in [0.5, 0.6) is 11.5 Å². The minimum absolute atomic E-state index is 0.0858. The van der Waals surface area contributed by atoms with Gasteiger partial charge in [0.2, 0.25) is 0 Å². The maximum atomic E-state index is 12.7. The molecule has 1 saturated heterocycles. The van der Waals surface area contributed by atoms with Crippen molar-refractivity contribution in [3.05, 3.63) is 41.5 Å². The highest BCUT2D eigenvalue weighted by atomic mass is 16.7. The second-order valence-electron chi connectivity index (χ2n) is 8.93. The topological polar surface area (TPSA) is 197 Å². The van der Waals surface area contributed by atoms with E-state index in [2.05, 4.69) is 0 Å². The number of aliphatic hydroxyl groups is 4. The van der Waals surface area contributed by atoms with Gasteiger partial charge in [0.25, 0.3) is 0 Å². The number of nitriles is 1. The number of nitrogens with zero attached hydrogens (tertiary/aromatic N) is 1. The fourth-order valence-electron chi connectivity index (χ4n) is 4.55. The van der Waals surface area contributed by atoms with Crippen molar-refractivity contribution in [3.8, 4) is 17.6 Å². The van der Waals surface area contributed by atoms with Crippen molar-refractivity contribution in [2.24, 2.45) is 0 Å². The van der Waals surface area contributed by atoms with Crippen molar-refractivity contribution in [2.45, 2.75) is 61.5 Å². The number of hydrogen-bond donors (Lipinski definition) is 5. The van der Waals surface area contributed by atoms with Crippen LogP contribution in [0.15, 0.2) is 35.9 Å². The lowest BCUT2D eigenvalue weighted by molar-refractivity contribution is -0.314. The number of methoxy groups -OCH3 is 3. The van der Waals surface area contributed by atoms with Crippen molar-refractivity contribution in [2.75, 3.05) is 27.9 Å². The van der Waals surface area contributed by atoms with E-state index < -0.39 is 67.7 Å². The molecular formula is C26H33NO12. The lowest BCUT2D eigenvalue weighted by Gasteiger charge is -2.45. The smallest absolute Gasteiger partial charge is 0.331 e. The minimum Gasteiger partial charge on any atom is -0.504 e. The average Bonchev–Trinajstić information content (AvgIpc) is 2.93. The Hall–Kier alpha value is -3.06. The van der Waals surface area contributed by atoms with Crippen LogP contribution in [0, 0.1) is 11.3 Å². The van der Waals surface area contributed by atoms with Gasteiger partial charge in [-0.05, 0) is 23.8 Å². The molecule has 2 aliphatic rings. The molecule has 1 aromatic rings. The fraction of sp³-hybridized carbons (Fsp3) is 0.538. The normalized spacial score (nSPS) is 34.1. The molecule has 1 saturated carbocycles. The Morgan fingerprint density at radius 3 is 2.51 bits per heavy atom. The van der Waals surface area contributed by atoms with E-state index in [0.29, 0.717) is 5.56 Å². The van der Waals surface area contributed by atoms with Gasteiger partial charge in [-0.2, -0.15) is 5.26 Å². The standard InChI is InChI=1S/C26H33NO12/c1-34-17-10-13(4-6-15(17)29)5-7-20(30)39-25-23(33)22(32)19(12-28)38-26(25)37-16-11-18(35-2)24(36-3)21(31)14(16)8-9-27/h4-8,10,16,18-19,21-26,28-29,31-33H,11-12H2,1-3H3/b7-5+,14-8-. The van der Waals surface area contributed by atoms with Crippen molar-refractivity contribution in [1.82, 2.24) is 0 Å². The molecule has 214 valence electrons. The molecule has 5 N–H and O–H groups in total. The number of ether oxygens (including phenoxy) is 6. The van der Waals surface area contributed by atoms with Gasteiger partial charge in [0.15, 0.2) is 23.9 Å². The van der Waals surface area contributed by atoms with Crippen LogP contribution in [0.25, 0.3) is 6.08 Å². The van der Waals surface area contributed by atoms with E-state index in [9.17, 15) is 35.6 Å². The highest BCUT2D eigenvalue weighted by Gasteiger charge is 2.50. The van der Waals surface area contributed by atoms with E-state index in [4.69, 9.17) is 28.4 Å². The number of aromatic hydroxyl groups is 1. The molecule has 0 radical (unpaired) electrons. The number of rotatable bonds is 9. The Morgan fingerprint density at radius 1 is 1.15 bits per heavy atom. The maximum absolute atomic E-state index is 12.7. The first-order valence-corrected chi connectivity index (χ1v) is 12.1. The van der Waals surface area contributed by atoms with E-state index in [1.54, 1.807) is 0 Å². The van der Waals surface area contributed by atoms with E-state index in [1.807, 2.05) is 6.07 Å². The van der Waals surface area contributed by atoms with Gasteiger partial charge in [-0.3, -0.25) is 0 Å². The average molecular weight is 552 g/mol. The van der Waals surface area contributed by atoms with Crippen LogP contribution in [0.3, 0.4) is 0 Å². The number of carbonyl (C=O) groups is 1. The molecule has 0 bridgehead atoms. The zero-order chi connectivity index (χ0) is 28.7. The lowest BCUT2D eigenvalue weighted by atomic mass is 9.84. The van der Waals surface area contributed by atoms with Crippen molar-refractivity contribution in [1.29, 1.82) is 5.26 Å². The molecule has 1 aliphatic heterocycles. The van der Waals surface area contributed by atoms with Crippen LogP contribution in [0.2, 0.25) is 0 Å². The third kappa shape index (κ3) is 6.93. The van der Waals surface area contributed by atoms with Crippen molar-refractivity contribution >= 4 is 12.0 Å². The highest BCUT2D eigenvalue weighted by molar-refractivity contribution is 5.87. The highest BCUT2D eigenvalue weighted by Crippen LogP contribution is 2.34. The number of aliphatic hydroxyl groups excluding tert-OH is 4. The first-order valence-electron chi connectivity index (χ1n) is 12.1. The Bertz CT molecular complexity index is 1090. The van der Waals surface area contributed by atoms with Gasteiger partial charge in [0.1, 0.15) is 30.5 Å². The summed E-state index contributed by atoms with van der Waals surface area (Å²) in [5.41, 5.74) is 0.643. The summed E-state index contributed by atoms with van der Waals surface area (Å²) in [7, 11) is 4.18. The lowest BCUT2D eigenvalue weighted by Crippen LogP contribution is -2.61. The van der Waals surface area contributed by atoms with Crippen LogP contribution in [-0.2, 0) is 28.5 Å². The Kier molecular flexibility index (Phi) is 10.8. The molecule has 9 unspecified atom stereocenters. The van der Waals surface area contributed by atoms with Crippen LogP contribution < -0.4 is 4.74 Å². The van der Waals surface area contributed by atoms with E-state index in [1.165, 1.54) is 45.6 Å². The Labute approximate surface area is 225 Å². The SMILES string of the molecule is COc1cc(/C=C/C(=O)OC2C(OC3CC(OC)C(OC)C(O)/C3=C\C#N)OC(CO)C(O)C2O)ccc1O. The van der Waals surface area contributed by atoms with E-state index in [0.717, 1.165) is 12.2 Å². The quantitative estimate of drug-likeness (QED) is 0.148. The second-order valence-corrected chi connectivity index (χ2v) is 8.93. The molecule has 1 aromatic carbocycles. The molecular weight excluding hydrogens is 518 g/mol. The third-order valence-electron chi connectivity index (χ3n) is 6.63. The van der Waals surface area contributed by atoms with Crippen molar-refractivity contribution < 1.29 is 58.7 Å².